The summed E-state index contributed by atoms with van der Waals surface area (Å²) in [7, 11) is 2.56. The van der Waals surface area contributed by atoms with E-state index in [1.165, 1.54) is 14.2 Å². The lowest BCUT2D eigenvalue weighted by Crippen LogP contribution is -2.27. The fourth-order valence-corrected chi connectivity index (χ4v) is 2.11. The number of anilines is 1. The molecule has 19 heavy (non-hydrogen) atoms. The summed E-state index contributed by atoms with van der Waals surface area (Å²) in [4.78, 5) is 25.0. The van der Waals surface area contributed by atoms with Crippen LogP contribution in [-0.2, 0) is 25.5 Å². The van der Waals surface area contributed by atoms with Gasteiger partial charge in [0.05, 0.1) is 20.3 Å². The lowest BCUT2D eigenvalue weighted by molar-refractivity contribution is -0.138. The Kier molecular flexibility index (Phi) is 3.85. The van der Waals surface area contributed by atoms with Crippen molar-refractivity contribution in [1.29, 1.82) is 0 Å². The zero-order valence-electron chi connectivity index (χ0n) is 10.9. The first-order chi connectivity index (χ1) is 9.17. The molecule has 0 fully saturated rings. The molecule has 1 aliphatic heterocycles. The third kappa shape index (κ3) is 2.59. The molecule has 0 saturated heterocycles. The maximum absolute atomic E-state index is 11.8. The highest BCUT2D eigenvalue weighted by Crippen LogP contribution is 2.30. The third-order valence-electron chi connectivity index (χ3n) is 3.03. The van der Waals surface area contributed by atoms with Gasteiger partial charge in [-0.2, -0.15) is 0 Å². The Morgan fingerprint density at radius 1 is 1.21 bits per heavy atom. The second-order valence-corrected chi connectivity index (χ2v) is 4.07. The van der Waals surface area contributed by atoms with Gasteiger partial charge in [-0.15, -0.1) is 0 Å². The minimum absolute atomic E-state index is 0.194. The molecule has 0 saturated carbocycles. The van der Waals surface area contributed by atoms with Crippen LogP contribution in [0, 0.1) is 0 Å². The van der Waals surface area contributed by atoms with E-state index < -0.39 is 11.9 Å². The van der Waals surface area contributed by atoms with Gasteiger partial charge in [-0.1, -0.05) is 18.2 Å². The minimum atomic E-state index is -0.579. The average Bonchev–Trinajstić information content (AvgIpc) is 2.87. The zero-order chi connectivity index (χ0) is 13.8. The number of ether oxygens (including phenoxy) is 2. The van der Waals surface area contributed by atoms with Crippen LogP contribution in [-0.4, -0.2) is 32.7 Å². The highest BCUT2D eigenvalue weighted by atomic mass is 16.5. The molecule has 5 nitrogen and oxygen atoms in total. The normalized spacial score (nSPS) is 14.0. The van der Waals surface area contributed by atoms with Crippen LogP contribution in [0.15, 0.2) is 36.0 Å². The standard InChI is InChI=1S/C14H15NO4/c1-18-13(16)9-12(14(17)19-2)15-8-7-10-5-3-4-6-11(10)15/h3-6,9H,7-8H2,1-2H3/b12-9+. The van der Waals surface area contributed by atoms with Crippen molar-refractivity contribution >= 4 is 17.6 Å². The zero-order valence-corrected chi connectivity index (χ0v) is 10.9. The molecule has 0 bridgehead atoms. The van der Waals surface area contributed by atoms with E-state index in [0.717, 1.165) is 23.7 Å². The van der Waals surface area contributed by atoms with Crippen molar-refractivity contribution in [2.24, 2.45) is 0 Å². The maximum Gasteiger partial charge on any atom is 0.354 e. The number of para-hydroxylation sites is 1. The Labute approximate surface area is 111 Å². The third-order valence-corrected chi connectivity index (χ3v) is 3.03. The number of fused-ring (bicyclic) bond motifs is 1. The van der Waals surface area contributed by atoms with Crippen LogP contribution in [0.3, 0.4) is 0 Å². The monoisotopic (exact) mass is 261 g/mol. The fraction of sp³-hybridized carbons (Fsp3) is 0.286. The molecule has 0 radical (unpaired) electrons. The summed E-state index contributed by atoms with van der Waals surface area (Å²) < 4.78 is 9.30. The van der Waals surface area contributed by atoms with Gasteiger partial charge >= 0.3 is 11.9 Å². The highest BCUT2D eigenvalue weighted by Gasteiger charge is 2.27. The molecule has 1 aromatic carbocycles. The molecule has 1 aliphatic rings. The summed E-state index contributed by atoms with van der Waals surface area (Å²) in [5, 5.41) is 0. The van der Waals surface area contributed by atoms with E-state index in [0.29, 0.717) is 6.54 Å². The molecule has 0 spiro atoms. The summed E-state index contributed by atoms with van der Waals surface area (Å²) in [5.74, 6) is -1.13. The molecule has 1 aromatic rings. The molecular weight excluding hydrogens is 246 g/mol. The van der Waals surface area contributed by atoms with Crippen molar-refractivity contribution in [3.8, 4) is 0 Å². The highest BCUT2D eigenvalue weighted by molar-refractivity contribution is 5.99. The number of hydrogen-bond acceptors (Lipinski definition) is 5. The summed E-state index contributed by atoms with van der Waals surface area (Å²) in [6.45, 7) is 0.636. The van der Waals surface area contributed by atoms with Gasteiger partial charge in [-0.25, -0.2) is 9.59 Å². The van der Waals surface area contributed by atoms with Gasteiger partial charge in [0.25, 0.3) is 0 Å². The van der Waals surface area contributed by atoms with Gasteiger partial charge in [-0.05, 0) is 18.1 Å². The first-order valence-corrected chi connectivity index (χ1v) is 5.90. The van der Waals surface area contributed by atoms with Gasteiger partial charge in [0.1, 0.15) is 5.70 Å². The van der Waals surface area contributed by atoms with Crippen LogP contribution < -0.4 is 4.90 Å². The number of carbonyl (C=O) groups is 2. The molecule has 0 aliphatic carbocycles. The molecule has 0 N–H and O–H groups in total. The van der Waals surface area contributed by atoms with E-state index in [-0.39, 0.29) is 5.70 Å². The van der Waals surface area contributed by atoms with Crippen LogP contribution in [0.25, 0.3) is 0 Å². The molecule has 0 unspecified atom stereocenters. The second kappa shape index (κ2) is 5.56. The number of methoxy groups -OCH3 is 2. The first kappa shape index (κ1) is 13.1. The largest absolute Gasteiger partial charge is 0.466 e. The molecule has 1 heterocycles. The number of nitrogens with zero attached hydrogens (tertiary/aromatic N) is 1. The number of benzene rings is 1. The van der Waals surface area contributed by atoms with Gasteiger partial charge < -0.3 is 14.4 Å². The summed E-state index contributed by atoms with van der Waals surface area (Å²) >= 11 is 0. The van der Waals surface area contributed by atoms with E-state index in [2.05, 4.69) is 4.74 Å². The molecule has 2 rings (SSSR count). The maximum atomic E-state index is 11.8. The second-order valence-electron chi connectivity index (χ2n) is 4.07. The number of carbonyl (C=O) groups excluding carboxylic acids is 2. The van der Waals surface area contributed by atoms with Gasteiger partial charge in [0.2, 0.25) is 0 Å². The topological polar surface area (TPSA) is 55.8 Å². The Balaban J connectivity index is 2.39. The van der Waals surface area contributed by atoms with Crippen molar-refractivity contribution in [2.45, 2.75) is 6.42 Å². The van der Waals surface area contributed by atoms with Crippen molar-refractivity contribution in [2.75, 3.05) is 25.7 Å². The van der Waals surface area contributed by atoms with Gasteiger partial charge in [-0.3, -0.25) is 0 Å². The number of esters is 2. The molecule has 5 heteroatoms. The van der Waals surface area contributed by atoms with Crippen molar-refractivity contribution in [1.82, 2.24) is 0 Å². The first-order valence-electron chi connectivity index (χ1n) is 5.90. The summed E-state index contributed by atoms with van der Waals surface area (Å²) in [6, 6.07) is 7.76. The predicted octanol–water partition coefficient (Wildman–Crippen LogP) is 1.28. The van der Waals surface area contributed by atoms with E-state index >= 15 is 0 Å². The molecule has 0 aromatic heterocycles. The molecule has 0 amide bonds. The van der Waals surface area contributed by atoms with Crippen LogP contribution in [0.4, 0.5) is 5.69 Å². The number of rotatable bonds is 3. The average molecular weight is 261 g/mol. The lowest BCUT2D eigenvalue weighted by atomic mass is 10.2. The van der Waals surface area contributed by atoms with E-state index in [4.69, 9.17) is 4.74 Å². The van der Waals surface area contributed by atoms with Crippen molar-refractivity contribution in [3.63, 3.8) is 0 Å². The fourth-order valence-electron chi connectivity index (χ4n) is 2.11. The van der Waals surface area contributed by atoms with Crippen LogP contribution in [0.2, 0.25) is 0 Å². The van der Waals surface area contributed by atoms with Gasteiger partial charge in [0, 0.05) is 12.2 Å². The Hall–Kier alpha value is -2.30. The minimum Gasteiger partial charge on any atom is -0.466 e. The SMILES string of the molecule is COC(=O)/C=C(\C(=O)OC)N1CCc2ccccc21. The van der Waals surface area contributed by atoms with E-state index in [1.807, 2.05) is 24.3 Å². The Morgan fingerprint density at radius 3 is 2.63 bits per heavy atom. The summed E-state index contributed by atoms with van der Waals surface area (Å²) in [5.41, 5.74) is 2.25. The van der Waals surface area contributed by atoms with Crippen molar-refractivity contribution < 1.29 is 19.1 Å². The lowest BCUT2D eigenvalue weighted by Gasteiger charge is -2.20. The number of hydrogen-bond donors (Lipinski definition) is 0. The molecular formula is C14H15NO4. The quantitative estimate of drug-likeness (QED) is 0.606. The van der Waals surface area contributed by atoms with Crippen molar-refractivity contribution in [3.05, 3.63) is 41.6 Å². The molecule has 0 atom stereocenters. The van der Waals surface area contributed by atoms with Crippen LogP contribution in [0.1, 0.15) is 5.56 Å². The Bertz CT molecular complexity index is 536. The Morgan fingerprint density at radius 2 is 1.95 bits per heavy atom. The predicted molar refractivity (Wildman–Crippen MR) is 69.6 cm³/mol. The van der Waals surface area contributed by atoms with E-state index in [1.54, 1.807) is 4.90 Å². The summed E-state index contributed by atoms with van der Waals surface area (Å²) in [6.07, 6.45) is 1.99. The van der Waals surface area contributed by atoms with E-state index in [9.17, 15) is 9.59 Å². The smallest absolute Gasteiger partial charge is 0.354 e. The van der Waals surface area contributed by atoms with Crippen LogP contribution >= 0.6 is 0 Å². The van der Waals surface area contributed by atoms with Gasteiger partial charge in [0.15, 0.2) is 0 Å². The molecule has 100 valence electrons. The van der Waals surface area contributed by atoms with Crippen LogP contribution in [0.5, 0.6) is 0 Å².